The molecule has 0 bridgehead atoms. The van der Waals surface area contributed by atoms with Crippen LogP contribution in [-0.2, 0) is 20.9 Å². The first-order chi connectivity index (χ1) is 17.5. The summed E-state index contributed by atoms with van der Waals surface area (Å²) in [5.41, 5.74) is 0.0911. The number of nitrogens with zero attached hydrogens (tertiary/aromatic N) is 4. The molecule has 0 radical (unpaired) electrons. The van der Waals surface area contributed by atoms with E-state index in [9.17, 15) is 19.8 Å². The molecule has 0 unspecified atom stereocenters. The fourth-order valence-electron chi connectivity index (χ4n) is 5.61. The van der Waals surface area contributed by atoms with Crippen LogP contribution in [-0.4, -0.2) is 73.1 Å². The molecule has 0 amide bonds. The first-order valence-corrected chi connectivity index (χ1v) is 12.2. The summed E-state index contributed by atoms with van der Waals surface area (Å²) in [5, 5.41) is 25.3. The SMILES string of the molecule is C=CC[C@@H]1C=C[C@@H](ON=C2[C@H]3CCn4c(=O)n(-c5ccccc5)c(=O)n4[C@@H]3[C@H](O)[C@@H]3O[C@H]23)[C@@H](CO)O1. The van der Waals surface area contributed by atoms with Crippen molar-refractivity contribution in [1.82, 2.24) is 13.9 Å². The van der Waals surface area contributed by atoms with E-state index in [1.165, 1.54) is 9.36 Å². The number of aliphatic hydroxyl groups is 2. The molecule has 4 aliphatic rings. The highest BCUT2D eigenvalue weighted by Crippen LogP contribution is 2.46. The van der Waals surface area contributed by atoms with Gasteiger partial charge in [-0.3, -0.25) is 0 Å². The van der Waals surface area contributed by atoms with Crippen molar-refractivity contribution in [1.29, 1.82) is 0 Å². The van der Waals surface area contributed by atoms with E-state index in [1.807, 2.05) is 18.2 Å². The summed E-state index contributed by atoms with van der Waals surface area (Å²) in [5.74, 6) is -0.359. The van der Waals surface area contributed by atoms with Crippen molar-refractivity contribution < 1.29 is 24.5 Å². The predicted octanol–water partition coefficient (Wildman–Crippen LogP) is 0.137. The number of ether oxygens (including phenoxy) is 2. The molecule has 3 aliphatic heterocycles. The second-order valence-electron chi connectivity index (χ2n) is 9.49. The molecule has 1 saturated heterocycles. The van der Waals surface area contributed by atoms with Gasteiger partial charge < -0.3 is 24.5 Å². The number of aromatic nitrogens is 3. The van der Waals surface area contributed by atoms with Gasteiger partial charge in [0.1, 0.15) is 24.4 Å². The van der Waals surface area contributed by atoms with Gasteiger partial charge in [0.15, 0.2) is 6.10 Å². The molecule has 2 fully saturated rings. The van der Waals surface area contributed by atoms with Gasteiger partial charge in [-0.25, -0.2) is 23.5 Å². The Morgan fingerprint density at radius 1 is 1.17 bits per heavy atom. The first kappa shape index (κ1) is 23.2. The number of rotatable bonds is 6. The van der Waals surface area contributed by atoms with Crippen LogP contribution in [0.4, 0.5) is 0 Å². The van der Waals surface area contributed by atoms with Crippen LogP contribution in [0.15, 0.2) is 69.9 Å². The van der Waals surface area contributed by atoms with Gasteiger partial charge in [-0.1, -0.05) is 35.5 Å². The Kier molecular flexibility index (Phi) is 5.79. The lowest BCUT2D eigenvalue weighted by atomic mass is 9.78. The molecule has 2 N–H and O–H groups in total. The quantitative estimate of drug-likeness (QED) is 0.330. The Hall–Kier alpha value is -3.25. The van der Waals surface area contributed by atoms with Crippen LogP contribution in [0.1, 0.15) is 18.9 Å². The van der Waals surface area contributed by atoms with E-state index in [0.717, 1.165) is 4.57 Å². The lowest BCUT2D eigenvalue weighted by Crippen LogP contribution is -2.53. The van der Waals surface area contributed by atoms with E-state index >= 15 is 0 Å². The van der Waals surface area contributed by atoms with Crippen molar-refractivity contribution in [2.24, 2.45) is 11.1 Å². The van der Waals surface area contributed by atoms with Gasteiger partial charge in [0.2, 0.25) is 0 Å². The van der Waals surface area contributed by atoms with Gasteiger partial charge in [-0.2, -0.15) is 0 Å². The molecule has 1 saturated carbocycles. The summed E-state index contributed by atoms with van der Waals surface area (Å²) < 4.78 is 15.4. The highest BCUT2D eigenvalue weighted by Gasteiger charge is 2.61. The minimum atomic E-state index is -0.975. The maximum absolute atomic E-state index is 13.5. The average molecular weight is 497 g/mol. The summed E-state index contributed by atoms with van der Waals surface area (Å²) >= 11 is 0. The minimum Gasteiger partial charge on any atom is -0.394 e. The Bertz CT molecular complexity index is 1330. The van der Waals surface area contributed by atoms with Gasteiger partial charge in [0.05, 0.1) is 30.2 Å². The van der Waals surface area contributed by atoms with E-state index < -0.39 is 47.9 Å². The molecule has 1 aliphatic carbocycles. The molecule has 6 rings (SSSR count). The summed E-state index contributed by atoms with van der Waals surface area (Å²) in [7, 11) is 0. The van der Waals surface area contributed by atoms with Gasteiger partial charge in [0.25, 0.3) is 0 Å². The molecular formula is C25H28N4O7. The van der Waals surface area contributed by atoms with Crippen molar-refractivity contribution in [2.75, 3.05) is 6.61 Å². The van der Waals surface area contributed by atoms with Crippen LogP contribution in [0.3, 0.4) is 0 Å². The largest absolute Gasteiger partial charge is 0.394 e. The fourth-order valence-corrected chi connectivity index (χ4v) is 5.61. The average Bonchev–Trinajstić information content (AvgIpc) is 3.66. The fraction of sp³-hybridized carbons (Fsp3) is 0.480. The van der Waals surface area contributed by atoms with Crippen LogP contribution in [0.5, 0.6) is 0 Å². The molecule has 11 nitrogen and oxygen atoms in total. The van der Waals surface area contributed by atoms with Gasteiger partial charge in [-0.05, 0) is 31.1 Å². The summed E-state index contributed by atoms with van der Waals surface area (Å²) in [6.07, 6.45) is 3.21. The third kappa shape index (κ3) is 3.62. The van der Waals surface area contributed by atoms with Crippen molar-refractivity contribution in [3.63, 3.8) is 0 Å². The first-order valence-electron chi connectivity index (χ1n) is 12.2. The van der Waals surface area contributed by atoms with Gasteiger partial charge in [-0.15, -0.1) is 6.58 Å². The monoisotopic (exact) mass is 496 g/mol. The van der Waals surface area contributed by atoms with Crippen molar-refractivity contribution in [2.45, 2.75) is 62.1 Å². The zero-order chi connectivity index (χ0) is 25.0. The highest BCUT2D eigenvalue weighted by atomic mass is 16.7. The zero-order valence-corrected chi connectivity index (χ0v) is 19.5. The number of epoxide rings is 1. The summed E-state index contributed by atoms with van der Waals surface area (Å²) in [4.78, 5) is 32.4. The maximum Gasteiger partial charge on any atom is 0.352 e. The van der Waals surface area contributed by atoms with Crippen LogP contribution in [0.2, 0.25) is 0 Å². The lowest BCUT2D eigenvalue weighted by Gasteiger charge is -2.38. The van der Waals surface area contributed by atoms with Gasteiger partial charge in [0, 0.05) is 12.5 Å². The van der Waals surface area contributed by atoms with E-state index in [4.69, 9.17) is 14.3 Å². The Balaban J connectivity index is 1.33. The smallest absolute Gasteiger partial charge is 0.352 e. The maximum atomic E-state index is 13.5. The molecule has 0 spiro atoms. The molecule has 190 valence electrons. The van der Waals surface area contributed by atoms with E-state index in [2.05, 4.69) is 11.7 Å². The molecule has 11 heteroatoms. The standard InChI is InChI=1S/C25H28N4O7/c1-2-6-15-9-10-17(18(13-30)34-15)36-26-19-16-11-12-27-24(32)28(14-7-4-3-5-8-14)25(33)29(27)20(16)21(31)23-22(19)35-23/h2-5,7-10,15-18,20-23,30-31H,1,6,11-13H2/t15-,16-,17-,18-,20+,21+,22-,23+/m1/s1. The molecule has 2 aromatic rings. The van der Waals surface area contributed by atoms with E-state index in [0.29, 0.717) is 24.2 Å². The number of aliphatic hydroxyl groups excluding tert-OH is 2. The third-order valence-corrected chi connectivity index (χ3v) is 7.39. The number of hydrogen-bond acceptors (Lipinski definition) is 8. The van der Waals surface area contributed by atoms with Crippen molar-refractivity contribution in [3.05, 3.63) is 76.1 Å². The van der Waals surface area contributed by atoms with Crippen LogP contribution >= 0.6 is 0 Å². The second kappa shape index (κ2) is 9.00. The molecule has 4 heterocycles. The predicted molar refractivity (Wildman–Crippen MR) is 128 cm³/mol. The second-order valence-corrected chi connectivity index (χ2v) is 9.49. The van der Waals surface area contributed by atoms with Crippen molar-refractivity contribution >= 4 is 5.71 Å². The minimum absolute atomic E-state index is 0.187. The molecule has 8 atom stereocenters. The van der Waals surface area contributed by atoms with E-state index in [1.54, 1.807) is 30.3 Å². The third-order valence-electron chi connectivity index (χ3n) is 7.39. The van der Waals surface area contributed by atoms with E-state index in [-0.39, 0.29) is 25.2 Å². The number of para-hydroxylation sites is 1. The van der Waals surface area contributed by atoms with Crippen LogP contribution < -0.4 is 11.4 Å². The van der Waals surface area contributed by atoms with Crippen LogP contribution in [0.25, 0.3) is 5.69 Å². The van der Waals surface area contributed by atoms with Crippen molar-refractivity contribution in [3.8, 4) is 5.69 Å². The number of hydrogen-bond donors (Lipinski definition) is 2. The topological polar surface area (TPSA) is 133 Å². The molecule has 1 aromatic carbocycles. The Morgan fingerprint density at radius 2 is 1.97 bits per heavy atom. The normalized spacial score (nSPS) is 35.6. The Morgan fingerprint density at radius 3 is 2.72 bits per heavy atom. The summed E-state index contributed by atoms with van der Waals surface area (Å²) in [6.45, 7) is 3.76. The molecule has 36 heavy (non-hydrogen) atoms. The number of benzene rings is 1. The number of oxime groups is 1. The van der Waals surface area contributed by atoms with Crippen LogP contribution in [0, 0.1) is 5.92 Å². The zero-order valence-electron chi connectivity index (χ0n) is 19.5. The van der Waals surface area contributed by atoms with Gasteiger partial charge >= 0.3 is 11.4 Å². The highest BCUT2D eigenvalue weighted by molar-refractivity contribution is 5.94. The lowest BCUT2D eigenvalue weighted by molar-refractivity contribution is -0.101. The molecule has 1 aromatic heterocycles. The molecular weight excluding hydrogens is 468 g/mol. The number of fused-ring (bicyclic) bond motifs is 4. The summed E-state index contributed by atoms with van der Waals surface area (Å²) in [6, 6.07) is 7.99. The Labute approximate surface area is 206 Å².